The standard InChI is InChI=1S/C9H6Br2N2O2/c1-4-2-6-7(11)8(9(14)15)12-13(6)3-5(4)10/h2-3H,1H3,(H,14,15). The molecule has 0 aliphatic rings. The van der Waals surface area contributed by atoms with Crippen LogP contribution in [0.2, 0.25) is 0 Å². The van der Waals surface area contributed by atoms with E-state index in [1.165, 1.54) is 4.52 Å². The van der Waals surface area contributed by atoms with Crippen molar-refractivity contribution in [1.29, 1.82) is 0 Å². The summed E-state index contributed by atoms with van der Waals surface area (Å²) in [5, 5.41) is 12.8. The predicted octanol–water partition coefficient (Wildman–Crippen LogP) is 2.87. The highest BCUT2D eigenvalue weighted by molar-refractivity contribution is 9.11. The van der Waals surface area contributed by atoms with E-state index in [9.17, 15) is 4.79 Å². The molecule has 0 aliphatic heterocycles. The van der Waals surface area contributed by atoms with Crippen molar-refractivity contribution in [3.63, 3.8) is 0 Å². The van der Waals surface area contributed by atoms with Gasteiger partial charge in [0.05, 0.1) is 9.99 Å². The monoisotopic (exact) mass is 332 g/mol. The highest BCUT2D eigenvalue weighted by atomic mass is 79.9. The van der Waals surface area contributed by atoms with E-state index in [0.29, 0.717) is 4.47 Å². The third kappa shape index (κ3) is 1.68. The van der Waals surface area contributed by atoms with Crippen molar-refractivity contribution < 1.29 is 9.90 Å². The maximum atomic E-state index is 10.8. The van der Waals surface area contributed by atoms with Gasteiger partial charge in [-0.2, -0.15) is 5.10 Å². The molecule has 1 N–H and O–H groups in total. The molecule has 0 spiro atoms. The minimum absolute atomic E-state index is 0.0208. The Hall–Kier alpha value is -0.880. The maximum Gasteiger partial charge on any atom is 0.357 e. The SMILES string of the molecule is Cc1cc2c(Br)c(C(=O)O)nn2cc1Br. The van der Waals surface area contributed by atoms with Crippen LogP contribution in [0.25, 0.3) is 5.52 Å². The second-order valence-corrected chi connectivity index (χ2v) is 4.75. The number of aromatic nitrogens is 2. The number of aryl methyl sites for hydroxylation is 1. The molecule has 0 fully saturated rings. The Balaban J connectivity index is 2.83. The van der Waals surface area contributed by atoms with E-state index in [1.807, 2.05) is 13.0 Å². The highest BCUT2D eigenvalue weighted by Crippen LogP contribution is 2.26. The molecule has 2 aromatic rings. The van der Waals surface area contributed by atoms with Crippen molar-refractivity contribution in [2.45, 2.75) is 6.92 Å². The van der Waals surface area contributed by atoms with Gasteiger partial charge < -0.3 is 5.11 Å². The lowest BCUT2D eigenvalue weighted by Gasteiger charge is -1.98. The zero-order valence-corrected chi connectivity index (χ0v) is 10.8. The average molecular weight is 334 g/mol. The molecule has 0 saturated carbocycles. The third-order valence-corrected chi connectivity index (χ3v) is 3.67. The topological polar surface area (TPSA) is 54.6 Å². The molecule has 2 aromatic heterocycles. The van der Waals surface area contributed by atoms with Crippen molar-refractivity contribution in [2.75, 3.05) is 0 Å². The Morgan fingerprint density at radius 1 is 1.53 bits per heavy atom. The number of hydrogen-bond donors (Lipinski definition) is 1. The summed E-state index contributed by atoms with van der Waals surface area (Å²) in [6.07, 6.45) is 1.74. The van der Waals surface area contributed by atoms with Gasteiger partial charge in [0.15, 0.2) is 5.69 Å². The minimum atomic E-state index is -1.04. The van der Waals surface area contributed by atoms with Crippen LogP contribution >= 0.6 is 31.9 Å². The molecule has 0 unspecified atom stereocenters. The summed E-state index contributed by atoms with van der Waals surface area (Å²) in [4.78, 5) is 10.8. The summed E-state index contributed by atoms with van der Waals surface area (Å²) in [5.74, 6) is -1.04. The van der Waals surface area contributed by atoms with Crippen molar-refractivity contribution in [3.8, 4) is 0 Å². The first-order valence-corrected chi connectivity index (χ1v) is 5.66. The van der Waals surface area contributed by atoms with Gasteiger partial charge in [-0.1, -0.05) is 0 Å². The lowest BCUT2D eigenvalue weighted by Crippen LogP contribution is -1.98. The van der Waals surface area contributed by atoms with Crippen LogP contribution in [-0.2, 0) is 0 Å². The van der Waals surface area contributed by atoms with Gasteiger partial charge in [-0.05, 0) is 50.4 Å². The first-order valence-electron chi connectivity index (χ1n) is 4.08. The fourth-order valence-corrected chi connectivity index (χ4v) is 2.13. The zero-order valence-electron chi connectivity index (χ0n) is 7.66. The largest absolute Gasteiger partial charge is 0.476 e. The summed E-state index contributed by atoms with van der Waals surface area (Å²) in [6.45, 7) is 1.93. The number of halogens is 2. The van der Waals surface area contributed by atoms with Gasteiger partial charge in [0.2, 0.25) is 0 Å². The van der Waals surface area contributed by atoms with Gasteiger partial charge in [-0.25, -0.2) is 9.31 Å². The molecule has 0 bridgehead atoms. The number of carbonyl (C=O) groups is 1. The molecule has 0 aromatic carbocycles. The minimum Gasteiger partial charge on any atom is -0.476 e. The lowest BCUT2D eigenvalue weighted by molar-refractivity contribution is 0.0689. The fourth-order valence-electron chi connectivity index (χ4n) is 1.28. The quantitative estimate of drug-likeness (QED) is 0.873. The molecular weight excluding hydrogens is 328 g/mol. The molecule has 4 nitrogen and oxygen atoms in total. The van der Waals surface area contributed by atoms with Crippen LogP contribution in [0.4, 0.5) is 0 Å². The second-order valence-electron chi connectivity index (χ2n) is 3.10. The second kappa shape index (κ2) is 3.61. The number of pyridine rings is 1. The number of carboxylic acid groups (broad SMARTS) is 1. The number of carboxylic acids is 1. The normalized spacial score (nSPS) is 10.9. The van der Waals surface area contributed by atoms with E-state index in [4.69, 9.17) is 5.11 Å². The fraction of sp³-hybridized carbons (Fsp3) is 0.111. The number of fused-ring (bicyclic) bond motifs is 1. The number of nitrogens with zero attached hydrogens (tertiary/aromatic N) is 2. The molecule has 15 heavy (non-hydrogen) atoms. The van der Waals surface area contributed by atoms with Crippen LogP contribution in [0.5, 0.6) is 0 Å². The summed E-state index contributed by atoms with van der Waals surface area (Å²) < 4.78 is 2.93. The molecule has 0 amide bonds. The summed E-state index contributed by atoms with van der Waals surface area (Å²) in [6, 6.07) is 1.87. The van der Waals surface area contributed by atoms with Gasteiger partial charge in [0.1, 0.15) is 0 Å². The third-order valence-electron chi connectivity index (χ3n) is 2.06. The Morgan fingerprint density at radius 3 is 2.80 bits per heavy atom. The summed E-state index contributed by atoms with van der Waals surface area (Å²) in [5.41, 5.74) is 1.79. The Labute approximate surface area is 102 Å². The van der Waals surface area contributed by atoms with Crippen molar-refractivity contribution in [3.05, 3.63) is 32.5 Å². The van der Waals surface area contributed by atoms with Crippen molar-refractivity contribution in [1.82, 2.24) is 9.61 Å². The summed E-state index contributed by atoms with van der Waals surface area (Å²) in [7, 11) is 0. The van der Waals surface area contributed by atoms with Gasteiger partial charge in [-0.3, -0.25) is 0 Å². The Bertz CT molecular complexity index is 563. The van der Waals surface area contributed by atoms with Gasteiger partial charge in [0, 0.05) is 10.7 Å². The smallest absolute Gasteiger partial charge is 0.357 e. The molecular formula is C9H6Br2N2O2. The van der Waals surface area contributed by atoms with E-state index in [0.717, 1.165) is 15.6 Å². The van der Waals surface area contributed by atoms with Gasteiger partial charge >= 0.3 is 5.97 Å². The molecule has 78 valence electrons. The van der Waals surface area contributed by atoms with E-state index in [1.54, 1.807) is 6.20 Å². The van der Waals surface area contributed by atoms with Crippen LogP contribution in [0.15, 0.2) is 21.2 Å². The van der Waals surface area contributed by atoms with Crippen molar-refractivity contribution >= 4 is 43.3 Å². The van der Waals surface area contributed by atoms with E-state index < -0.39 is 5.97 Å². The van der Waals surface area contributed by atoms with E-state index >= 15 is 0 Å². The molecule has 2 heterocycles. The lowest BCUT2D eigenvalue weighted by atomic mass is 10.2. The molecule has 0 atom stereocenters. The van der Waals surface area contributed by atoms with E-state index in [-0.39, 0.29) is 5.69 Å². The first kappa shape index (κ1) is 10.6. The first-order chi connectivity index (χ1) is 7.00. The van der Waals surface area contributed by atoms with Crippen LogP contribution in [0.3, 0.4) is 0 Å². The Kier molecular flexibility index (Phi) is 2.56. The Morgan fingerprint density at radius 2 is 2.20 bits per heavy atom. The summed E-state index contributed by atoms with van der Waals surface area (Å²) >= 11 is 6.60. The highest BCUT2D eigenvalue weighted by Gasteiger charge is 2.16. The van der Waals surface area contributed by atoms with E-state index in [2.05, 4.69) is 37.0 Å². The molecule has 0 saturated heterocycles. The average Bonchev–Trinajstić information content (AvgIpc) is 2.46. The molecule has 6 heteroatoms. The molecule has 0 aliphatic carbocycles. The zero-order chi connectivity index (χ0) is 11.2. The maximum absolute atomic E-state index is 10.8. The van der Waals surface area contributed by atoms with Crippen LogP contribution in [0.1, 0.15) is 16.1 Å². The van der Waals surface area contributed by atoms with Crippen LogP contribution < -0.4 is 0 Å². The number of rotatable bonds is 1. The molecule has 2 rings (SSSR count). The number of hydrogen-bond acceptors (Lipinski definition) is 2. The predicted molar refractivity (Wildman–Crippen MR) is 62.3 cm³/mol. The van der Waals surface area contributed by atoms with Crippen LogP contribution in [0, 0.1) is 6.92 Å². The van der Waals surface area contributed by atoms with Gasteiger partial charge in [0.25, 0.3) is 0 Å². The molecule has 0 radical (unpaired) electrons. The van der Waals surface area contributed by atoms with Crippen molar-refractivity contribution in [2.24, 2.45) is 0 Å². The van der Waals surface area contributed by atoms with Crippen LogP contribution in [-0.4, -0.2) is 20.7 Å². The van der Waals surface area contributed by atoms with Gasteiger partial charge in [-0.15, -0.1) is 0 Å². The number of aromatic carboxylic acids is 1.